The third kappa shape index (κ3) is 6.43. The van der Waals surface area contributed by atoms with E-state index >= 15 is 0 Å². The van der Waals surface area contributed by atoms with Gasteiger partial charge in [0.2, 0.25) is 0 Å². The number of aromatic nitrogens is 1. The van der Waals surface area contributed by atoms with Crippen molar-refractivity contribution in [1.82, 2.24) is 9.99 Å². The second kappa shape index (κ2) is 11.9. The lowest BCUT2D eigenvalue weighted by Crippen LogP contribution is -2.39. The highest BCUT2D eigenvalue weighted by Crippen LogP contribution is 2.26. The number of aryl methyl sites for hydroxylation is 3. The van der Waals surface area contributed by atoms with E-state index in [9.17, 15) is 13.2 Å². The lowest BCUT2D eigenvalue weighted by Gasteiger charge is -2.24. The summed E-state index contributed by atoms with van der Waals surface area (Å²) in [5.41, 5.74) is 8.98. The van der Waals surface area contributed by atoms with Gasteiger partial charge >= 0.3 is 0 Å². The first-order valence-electron chi connectivity index (χ1n) is 12.4. The van der Waals surface area contributed by atoms with Crippen molar-refractivity contribution in [2.75, 3.05) is 17.1 Å². The van der Waals surface area contributed by atoms with Crippen LogP contribution in [0.2, 0.25) is 0 Å². The summed E-state index contributed by atoms with van der Waals surface area (Å²) in [6, 6.07) is 23.9. The Morgan fingerprint density at radius 1 is 0.923 bits per heavy atom. The second-order valence-electron chi connectivity index (χ2n) is 9.31. The molecule has 0 unspecified atom stereocenters. The number of hydrogen-bond donors (Lipinski definition) is 1. The van der Waals surface area contributed by atoms with E-state index in [-0.39, 0.29) is 4.90 Å². The molecule has 1 N–H and O–H groups in total. The number of nitrogens with one attached hydrogen (secondary N) is 1. The average molecular weight is 561 g/mol. The Kier molecular flexibility index (Phi) is 8.62. The van der Waals surface area contributed by atoms with Crippen molar-refractivity contribution in [2.24, 2.45) is 5.10 Å². The predicted molar refractivity (Wildman–Crippen MR) is 160 cm³/mol. The normalized spacial score (nSPS) is 11.6. The van der Waals surface area contributed by atoms with Crippen molar-refractivity contribution in [2.45, 2.75) is 37.5 Å². The first kappa shape index (κ1) is 28.2. The SMILES string of the molecule is CSc1ccc(S(=O)(=O)N(CC(=O)N/N=C/c2cc(C)n(-c3ccc(C)cc3)c2C)c2ccc(C)cc2)cc1. The van der Waals surface area contributed by atoms with Gasteiger partial charge in [0.25, 0.3) is 15.9 Å². The van der Waals surface area contributed by atoms with E-state index in [1.165, 1.54) is 17.3 Å². The van der Waals surface area contributed by atoms with Crippen LogP contribution in [-0.4, -0.2) is 37.9 Å². The number of hydrazone groups is 1. The maximum absolute atomic E-state index is 13.6. The fourth-order valence-electron chi connectivity index (χ4n) is 4.25. The molecule has 39 heavy (non-hydrogen) atoms. The lowest BCUT2D eigenvalue weighted by atomic mass is 10.2. The molecule has 4 aromatic rings. The minimum Gasteiger partial charge on any atom is -0.318 e. The first-order chi connectivity index (χ1) is 18.6. The average Bonchev–Trinajstić information content (AvgIpc) is 3.21. The van der Waals surface area contributed by atoms with E-state index in [1.54, 1.807) is 42.6 Å². The predicted octanol–water partition coefficient (Wildman–Crippen LogP) is 5.78. The molecular weight excluding hydrogens is 528 g/mol. The molecule has 202 valence electrons. The van der Waals surface area contributed by atoms with Gasteiger partial charge in [0.15, 0.2) is 0 Å². The monoisotopic (exact) mass is 560 g/mol. The number of hydrogen-bond acceptors (Lipinski definition) is 5. The fourth-order valence-corrected chi connectivity index (χ4v) is 6.08. The molecule has 0 aliphatic heterocycles. The van der Waals surface area contributed by atoms with Gasteiger partial charge in [-0.05, 0) is 88.5 Å². The van der Waals surface area contributed by atoms with Crippen molar-refractivity contribution < 1.29 is 13.2 Å². The van der Waals surface area contributed by atoms with E-state index in [0.717, 1.165) is 37.4 Å². The largest absolute Gasteiger partial charge is 0.318 e. The molecule has 1 heterocycles. The van der Waals surface area contributed by atoms with E-state index in [4.69, 9.17) is 0 Å². The Morgan fingerprint density at radius 2 is 1.51 bits per heavy atom. The van der Waals surface area contributed by atoms with Crippen molar-refractivity contribution in [3.63, 3.8) is 0 Å². The van der Waals surface area contributed by atoms with Gasteiger partial charge in [0.1, 0.15) is 6.54 Å². The standard InChI is InChI=1S/C30H32N4O3S2/c1-21-6-10-26(11-7-21)33(39(36,37)29-16-14-28(38-5)15-17-29)20-30(35)32-31-19-25-18-23(3)34(24(25)4)27-12-8-22(2)9-13-27/h6-19H,20H2,1-5H3,(H,32,35)/b31-19+. The third-order valence-electron chi connectivity index (χ3n) is 6.41. The number of thioether (sulfide) groups is 1. The number of benzene rings is 3. The summed E-state index contributed by atoms with van der Waals surface area (Å²) in [6.45, 7) is 7.55. The van der Waals surface area contributed by atoms with Crippen LogP contribution in [0.3, 0.4) is 0 Å². The Labute approximate surface area is 234 Å². The van der Waals surface area contributed by atoms with Crippen molar-refractivity contribution in [3.05, 3.63) is 107 Å². The number of amides is 1. The van der Waals surface area contributed by atoms with Gasteiger partial charge in [-0.1, -0.05) is 35.4 Å². The first-order valence-corrected chi connectivity index (χ1v) is 15.1. The molecule has 9 heteroatoms. The number of anilines is 1. The lowest BCUT2D eigenvalue weighted by molar-refractivity contribution is -0.119. The molecule has 0 atom stereocenters. The quantitative estimate of drug-likeness (QED) is 0.160. The van der Waals surface area contributed by atoms with Crippen molar-refractivity contribution >= 4 is 39.6 Å². The summed E-state index contributed by atoms with van der Waals surface area (Å²) >= 11 is 1.52. The van der Waals surface area contributed by atoms with Crippen LogP contribution in [0.5, 0.6) is 0 Å². The summed E-state index contributed by atoms with van der Waals surface area (Å²) in [6.07, 6.45) is 3.50. The summed E-state index contributed by atoms with van der Waals surface area (Å²) in [5.74, 6) is -0.552. The van der Waals surface area contributed by atoms with Gasteiger partial charge in [-0.15, -0.1) is 11.8 Å². The molecule has 0 aliphatic carbocycles. The molecule has 0 fully saturated rings. The van der Waals surface area contributed by atoms with Gasteiger partial charge in [-0.25, -0.2) is 13.8 Å². The third-order valence-corrected chi connectivity index (χ3v) is 8.94. The molecule has 3 aromatic carbocycles. The van der Waals surface area contributed by atoms with Gasteiger partial charge in [-0.3, -0.25) is 9.10 Å². The topological polar surface area (TPSA) is 83.8 Å². The minimum absolute atomic E-state index is 0.112. The van der Waals surface area contributed by atoms with E-state index in [2.05, 4.69) is 39.4 Å². The van der Waals surface area contributed by atoms with Gasteiger partial charge in [-0.2, -0.15) is 5.10 Å². The van der Waals surface area contributed by atoms with Crippen LogP contribution in [0.15, 0.2) is 93.8 Å². The number of rotatable bonds is 9. The van der Waals surface area contributed by atoms with Crippen LogP contribution in [0.4, 0.5) is 5.69 Å². The van der Waals surface area contributed by atoms with Crippen LogP contribution in [0.1, 0.15) is 28.1 Å². The van der Waals surface area contributed by atoms with Crippen LogP contribution in [0.25, 0.3) is 5.69 Å². The summed E-state index contributed by atoms with van der Waals surface area (Å²) in [4.78, 5) is 14.0. The molecule has 0 spiro atoms. The molecular formula is C30H32N4O3S2. The number of carbonyl (C=O) groups is 1. The highest BCUT2D eigenvalue weighted by molar-refractivity contribution is 7.98. The number of sulfonamides is 1. The van der Waals surface area contributed by atoms with Gasteiger partial charge in [0.05, 0.1) is 16.8 Å². The van der Waals surface area contributed by atoms with E-state index in [1.807, 2.05) is 52.1 Å². The van der Waals surface area contributed by atoms with Crippen LogP contribution >= 0.6 is 11.8 Å². The Bertz CT molecular complexity index is 1590. The Hall–Kier alpha value is -3.82. The smallest absolute Gasteiger partial charge is 0.264 e. The fraction of sp³-hybridized carbons (Fsp3) is 0.200. The molecule has 0 radical (unpaired) electrons. The second-order valence-corrected chi connectivity index (χ2v) is 12.1. The van der Waals surface area contributed by atoms with Crippen molar-refractivity contribution in [3.8, 4) is 5.69 Å². The molecule has 1 amide bonds. The molecule has 1 aromatic heterocycles. The molecule has 7 nitrogen and oxygen atoms in total. The van der Waals surface area contributed by atoms with Gasteiger partial charge < -0.3 is 4.57 Å². The minimum atomic E-state index is -4.00. The van der Waals surface area contributed by atoms with Crippen LogP contribution in [-0.2, 0) is 14.8 Å². The molecule has 0 bridgehead atoms. The highest BCUT2D eigenvalue weighted by Gasteiger charge is 2.27. The van der Waals surface area contributed by atoms with E-state index < -0.39 is 22.5 Å². The summed E-state index contributed by atoms with van der Waals surface area (Å²) in [7, 11) is -4.00. The Morgan fingerprint density at radius 3 is 2.10 bits per heavy atom. The zero-order chi connectivity index (χ0) is 28.2. The number of nitrogens with zero attached hydrogens (tertiary/aromatic N) is 3. The summed E-state index contributed by atoms with van der Waals surface area (Å²) < 4.78 is 30.4. The maximum Gasteiger partial charge on any atom is 0.264 e. The summed E-state index contributed by atoms with van der Waals surface area (Å²) in [5, 5.41) is 4.14. The Balaban J connectivity index is 1.54. The maximum atomic E-state index is 13.6. The highest BCUT2D eigenvalue weighted by atomic mass is 32.2. The molecule has 0 saturated heterocycles. The molecule has 4 rings (SSSR count). The van der Waals surface area contributed by atoms with Crippen LogP contribution < -0.4 is 9.73 Å². The van der Waals surface area contributed by atoms with Crippen molar-refractivity contribution in [1.29, 1.82) is 0 Å². The number of carbonyl (C=O) groups excluding carboxylic acids is 1. The zero-order valence-electron chi connectivity index (χ0n) is 22.7. The molecule has 0 aliphatic rings. The van der Waals surface area contributed by atoms with Gasteiger partial charge in [0, 0.05) is 27.5 Å². The zero-order valence-corrected chi connectivity index (χ0v) is 24.3. The van der Waals surface area contributed by atoms with E-state index in [0.29, 0.717) is 5.69 Å². The molecule has 0 saturated carbocycles. The van der Waals surface area contributed by atoms with Crippen LogP contribution in [0, 0.1) is 27.7 Å².